The van der Waals surface area contributed by atoms with Crippen LogP contribution in [0.15, 0.2) is 48.5 Å². The third-order valence-corrected chi connectivity index (χ3v) is 4.26. The van der Waals surface area contributed by atoms with E-state index in [2.05, 4.69) is 4.90 Å². The zero-order chi connectivity index (χ0) is 16.2. The van der Waals surface area contributed by atoms with Crippen LogP contribution in [0.5, 0.6) is 11.5 Å². The molecule has 1 N–H and O–H groups in total. The Morgan fingerprint density at radius 2 is 2.09 bits per heavy atom. The molecule has 1 heterocycles. The Kier molecular flexibility index (Phi) is 4.51. The van der Waals surface area contributed by atoms with Crippen molar-refractivity contribution in [2.75, 3.05) is 11.4 Å². The van der Waals surface area contributed by atoms with E-state index in [9.17, 15) is 4.79 Å². The summed E-state index contributed by atoms with van der Waals surface area (Å²) >= 11 is 0. The molecule has 4 nitrogen and oxygen atoms in total. The number of aliphatic carboxylic acids is 1. The van der Waals surface area contributed by atoms with Gasteiger partial charge in [-0.25, -0.2) is 0 Å². The molecule has 4 heteroatoms. The lowest BCUT2D eigenvalue weighted by Gasteiger charge is -2.26. The topological polar surface area (TPSA) is 49.8 Å². The van der Waals surface area contributed by atoms with Gasteiger partial charge in [-0.05, 0) is 43.5 Å². The monoisotopic (exact) mass is 311 g/mol. The summed E-state index contributed by atoms with van der Waals surface area (Å²) in [6.45, 7) is 2.91. The second-order valence-corrected chi connectivity index (χ2v) is 5.95. The first-order valence-electron chi connectivity index (χ1n) is 7.95. The van der Waals surface area contributed by atoms with Crippen molar-refractivity contribution in [1.82, 2.24) is 0 Å². The fourth-order valence-electron chi connectivity index (χ4n) is 3.11. The van der Waals surface area contributed by atoms with Crippen molar-refractivity contribution in [3.63, 3.8) is 0 Å². The molecule has 0 saturated carbocycles. The highest BCUT2D eigenvalue weighted by Gasteiger charge is 2.26. The summed E-state index contributed by atoms with van der Waals surface area (Å²) in [5.74, 6) is 0.875. The summed E-state index contributed by atoms with van der Waals surface area (Å²) in [6, 6.07) is 15.9. The number of carbonyl (C=O) groups is 1. The molecule has 0 amide bonds. The number of hydrogen-bond donors (Lipinski definition) is 1. The van der Waals surface area contributed by atoms with E-state index in [1.807, 2.05) is 55.5 Å². The summed E-state index contributed by atoms with van der Waals surface area (Å²) in [4.78, 5) is 13.2. The molecule has 0 radical (unpaired) electrons. The summed E-state index contributed by atoms with van der Waals surface area (Å²) in [5, 5.41) is 9.07. The second-order valence-electron chi connectivity index (χ2n) is 5.95. The van der Waals surface area contributed by atoms with E-state index in [0.29, 0.717) is 0 Å². The highest BCUT2D eigenvalue weighted by atomic mass is 16.5. The molecule has 0 spiro atoms. The molecular weight excluding hydrogens is 290 g/mol. The van der Waals surface area contributed by atoms with Gasteiger partial charge in [-0.3, -0.25) is 4.79 Å². The molecule has 3 rings (SSSR count). The molecule has 23 heavy (non-hydrogen) atoms. The predicted octanol–water partition coefficient (Wildman–Crippen LogP) is 4.23. The highest BCUT2D eigenvalue weighted by Crippen LogP contribution is 2.32. The minimum Gasteiger partial charge on any atom is -0.481 e. The van der Waals surface area contributed by atoms with Crippen LogP contribution in [0, 0.1) is 6.92 Å². The van der Waals surface area contributed by atoms with Gasteiger partial charge in [-0.1, -0.05) is 24.3 Å². The molecule has 2 aromatic carbocycles. The van der Waals surface area contributed by atoms with Gasteiger partial charge in [0.05, 0.1) is 6.42 Å². The van der Waals surface area contributed by atoms with Crippen LogP contribution in [0.3, 0.4) is 0 Å². The van der Waals surface area contributed by atoms with E-state index >= 15 is 0 Å². The number of hydrogen-bond acceptors (Lipinski definition) is 3. The van der Waals surface area contributed by atoms with Gasteiger partial charge < -0.3 is 14.7 Å². The van der Waals surface area contributed by atoms with Crippen LogP contribution < -0.4 is 9.64 Å². The maximum atomic E-state index is 11.0. The number of nitrogens with zero attached hydrogens (tertiary/aromatic N) is 1. The Balaban J connectivity index is 1.80. The average Bonchev–Trinajstić information content (AvgIpc) is 2.97. The maximum absolute atomic E-state index is 11.0. The molecule has 0 unspecified atom stereocenters. The lowest BCUT2D eigenvalue weighted by molar-refractivity contribution is -0.137. The molecule has 2 aromatic rings. The van der Waals surface area contributed by atoms with Gasteiger partial charge in [0.15, 0.2) is 0 Å². The number of aryl methyl sites for hydroxylation is 1. The number of carboxylic acids is 1. The second kappa shape index (κ2) is 6.73. The van der Waals surface area contributed by atoms with E-state index in [1.165, 1.54) is 0 Å². The van der Waals surface area contributed by atoms with Gasteiger partial charge in [0.25, 0.3) is 0 Å². The van der Waals surface area contributed by atoms with Gasteiger partial charge in [0.1, 0.15) is 11.5 Å². The first kappa shape index (κ1) is 15.4. The normalized spacial score (nSPS) is 17.3. The van der Waals surface area contributed by atoms with Gasteiger partial charge in [0, 0.05) is 24.3 Å². The molecule has 120 valence electrons. The summed E-state index contributed by atoms with van der Waals surface area (Å²) in [7, 11) is 0. The fourth-order valence-corrected chi connectivity index (χ4v) is 3.11. The zero-order valence-corrected chi connectivity index (χ0v) is 13.2. The van der Waals surface area contributed by atoms with Crippen molar-refractivity contribution in [2.45, 2.75) is 32.2 Å². The van der Waals surface area contributed by atoms with E-state index in [1.54, 1.807) is 0 Å². The van der Waals surface area contributed by atoms with Crippen molar-refractivity contribution in [2.24, 2.45) is 0 Å². The molecule has 1 saturated heterocycles. The third kappa shape index (κ3) is 3.65. The quantitative estimate of drug-likeness (QED) is 0.897. The maximum Gasteiger partial charge on any atom is 0.305 e. The van der Waals surface area contributed by atoms with E-state index in [-0.39, 0.29) is 12.5 Å². The lowest BCUT2D eigenvalue weighted by Crippen LogP contribution is -2.31. The van der Waals surface area contributed by atoms with Gasteiger partial charge in [-0.2, -0.15) is 0 Å². The first-order chi connectivity index (χ1) is 11.1. The Morgan fingerprint density at radius 1 is 1.26 bits per heavy atom. The summed E-state index contributed by atoms with van der Waals surface area (Å²) in [5.41, 5.74) is 2.11. The molecule has 1 fully saturated rings. The number of benzene rings is 2. The zero-order valence-electron chi connectivity index (χ0n) is 13.2. The van der Waals surface area contributed by atoms with Crippen LogP contribution in [0.2, 0.25) is 0 Å². The van der Waals surface area contributed by atoms with E-state index in [0.717, 1.165) is 42.1 Å². The predicted molar refractivity (Wildman–Crippen MR) is 90.3 cm³/mol. The molecule has 1 atom stereocenters. The number of anilines is 1. The minimum atomic E-state index is -0.741. The Bertz CT molecular complexity index is 699. The van der Waals surface area contributed by atoms with Crippen LogP contribution in [-0.2, 0) is 4.79 Å². The molecule has 0 aromatic heterocycles. The Labute approximate surface area is 136 Å². The average molecular weight is 311 g/mol. The van der Waals surface area contributed by atoms with Crippen molar-refractivity contribution in [3.05, 3.63) is 54.1 Å². The molecule has 1 aliphatic heterocycles. The molecule has 1 aliphatic rings. The van der Waals surface area contributed by atoms with Gasteiger partial charge >= 0.3 is 5.97 Å². The van der Waals surface area contributed by atoms with Crippen molar-refractivity contribution < 1.29 is 14.6 Å². The Hall–Kier alpha value is -2.49. The number of rotatable bonds is 5. The van der Waals surface area contributed by atoms with Crippen LogP contribution >= 0.6 is 0 Å². The minimum absolute atomic E-state index is 0.0706. The number of para-hydroxylation sites is 1. The van der Waals surface area contributed by atoms with E-state index < -0.39 is 5.97 Å². The Morgan fingerprint density at radius 3 is 2.87 bits per heavy atom. The van der Waals surface area contributed by atoms with Gasteiger partial charge in [-0.15, -0.1) is 0 Å². The standard InChI is InChI=1S/C19H21NO3/c1-14-6-2-3-10-18(14)23-17-9-4-7-15(12-17)20-11-5-8-16(20)13-19(21)22/h2-4,6-7,9-10,12,16H,5,8,11,13H2,1H3,(H,21,22)/t16-/m0/s1. The third-order valence-electron chi connectivity index (χ3n) is 4.26. The molecular formula is C19H21NO3. The largest absolute Gasteiger partial charge is 0.481 e. The van der Waals surface area contributed by atoms with Crippen molar-refractivity contribution in [1.29, 1.82) is 0 Å². The van der Waals surface area contributed by atoms with Gasteiger partial charge in [0.2, 0.25) is 0 Å². The fraction of sp³-hybridized carbons (Fsp3) is 0.316. The summed E-state index contributed by atoms with van der Waals surface area (Å²) < 4.78 is 5.98. The van der Waals surface area contributed by atoms with Crippen LogP contribution in [0.4, 0.5) is 5.69 Å². The smallest absolute Gasteiger partial charge is 0.305 e. The number of ether oxygens (including phenoxy) is 1. The first-order valence-corrected chi connectivity index (χ1v) is 7.95. The molecule has 0 aliphatic carbocycles. The van der Waals surface area contributed by atoms with Crippen LogP contribution in [0.1, 0.15) is 24.8 Å². The van der Waals surface area contributed by atoms with Crippen molar-refractivity contribution >= 4 is 11.7 Å². The lowest BCUT2D eigenvalue weighted by atomic mass is 10.1. The van der Waals surface area contributed by atoms with Crippen LogP contribution in [-0.4, -0.2) is 23.7 Å². The summed E-state index contributed by atoms with van der Waals surface area (Å²) in [6.07, 6.45) is 2.14. The highest BCUT2D eigenvalue weighted by molar-refractivity contribution is 5.69. The molecule has 0 bridgehead atoms. The van der Waals surface area contributed by atoms with E-state index in [4.69, 9.17) is 9.84 Å². The van der Waals surface area contributed by atoms with Crippen LogP contribution in [0.25, 0.3) is 0 Å². The number of carboxylic acid groups (broad SMARTS) is 1. The van der Waals surface area contributed by atoms with Crippen molar-refractivity contribution in [3.8, 4) is 11.5 Å². The SMILES string of the molecule is Cc1ccccc1Oc1cccc(N2CCC[C@H]2CC(=O)O)c1.